The van der Waals surface area contributed by atoms with E-state index in [0.717, 1.165) is 65.2 Å². The Bertz CT molecular complexity index is 1450. The van der Waals surface area contributed by atoms with Crippen molar-refractivity contribution in [2.75, 3.05) is 57.4 Å². The molecule has 0 atom stereocenters. The average molecular weight is 536 g/mol. The number of hydrogen-bond acceptors (Lipinski definition) is 9. The summed E-state index contributed by atoms with van der Waals surface area (Å²) in [5.41, 5.74) is 2.42. The van der Waals surface area contributed by atoms with Gasteiger partial charge in [0.15, 0.2) is 11.6 Å². The molecule has 0 saturated carbocycles. The fourth-order valence-electron chi connectivity index (χ4n) is 4.95. The number of thiophene rings is 1. The molecular weight excluding hydrogens is 502 g/mol. The lowest BCUT2D eigenvalue weighted by Crippen LogP contribution is -2.49. The number of nitrogens with one attached hydrogen (secondary N) is 1. The van der Waals surface area contributed by atoms with Crippen LogP contribution in [0, 0.1) is 0 Å². The summed E-state index contributed by atoms with van der Waals surface area (Å²) in [7, 11) is 0. The van der Waals surface area contributed by atoms with Crippen molar-refractivity contribution in [3.8, 4) is 11.4 Å². The quantitative estimate of drug-likeness (QED) is 0.417. The summed E-state index contributed by atoms with van der Waals surface area (Å²) in [6.45, 7) is 12.5. The molecule has 4 aromatic rings. The third kappa shape index (κ3) is 5.18. The van der Waals surface area contributed by atoms with Crippen LogP contribution in [0.25, 0.3) is 32.5 Å². The van der Waals surface area contributed by atoms with Crippen LogP contribution in [0.15, 0.2) is 30.5 Å². The largest absolute Gasteiger partial charge is 0.444 e. The first-order valence-electron chi connectivity index (χ1n) is 13.1. The number of amides is 1. The molecule has 200 valence electrons. The maximum absolute atomic E-state index is 12.4. The van der Waals surface area contributed by atoms with Gasteiger partial charge in [0.2, 0.25) is 0 Å². The average Bonchev–Trinajstić information content (AvgIpc) is 3.54. The highest BCUT2D eigenvalue weighted by Gasteiger charge is 2.27. The van der Waals surface area contributed by atoms with Crippen molar-refractivity contribution in [3.63, 3.8) is 0 Å². The molecule has 11 heteroatoms. The first kappa shape index (κ1) is 25.0. The number of anilines is 1. The fourth-order valence-corrected chi connectivity index (χ4v) is 6.11. The molecule has 6 rings (SSSR count). The van der Waals surface area contributed by atoms with Crippen LogP contribution in [0.1, 0.15) is 25.6 Å². The summed E-state index contributed by atoms with van der Waals surface area (Å²) in [5, 5.41) is 8.28. The molecule has 2 fully saturated rings. The number of carbonyl (C=O) groups is 1. The first-order valence-corrected chi connectivity index (χ1v) is 13.9. The van der Waals surface area contributed by atoms with Gasteiger partial charge < -0.3 is 19.3 Å². The minimum absolute atomic E-state index is 0.232. The molecule has 0 radical (unpaired) electrons. The van der Waals surface area contributed by atoms with E-state index in [1.165, 1.54) is 4.88 Å². The van der Waals surface area contributed by atoms with Crippen LogP contribution in [-0.4, -0.2) is 94.1 Å². The van der Waals surface area contributed by atoms with Gasteiger partial charge in [-0.3, -0.25) is 10.00 Å². The van der Waals surface area contributed by atoms with Crippen LogP contribution in [0.5, 0.6) is 0 Å². The number of aromatic nitrogens is 4. The van der Waals surface area contributed by atoms with Crippen LogP contribution in [0.2, 0.25) is 0 Å². The summed E-state index contributed by atoms with van der Waals surface area (Å²) in [6.07, 6.45) is 1.60. The zero-order valence-electron chi connectivity index (χ0n) is 22.1. The number of morpholine rings is 1. The molecule has 2 aliphatic heterocycles. The van der Waals surface area contributed by atoms with E-state index in [1.54, 1.807) is 16.2 Å². The number of carbonyl (C=O) groups excluding carboxylic acids is 1. The Morgan fingerprint density at radius 3 is 2.66 bits per heavy atom. The molecule has 0 spiro atoms. The van der Waals surface area contributed by atoms with E-state index in [1.807, 2.05) is 39.1 Å². The maximum atomic E-state index is 12.4. The third-order valence-electron chi connectivity index (χ3n) is 6.84. The molecule has 38 heavy (non-hydrogen) atoms. The monoisotopic (exact) mass is 535 g/mol. The van der Waals surface area contributed by atoms with Crippen LogP contribution in [0.4, 0.5) is 10.6 Å². The van der Waals surface area contributed by atoms with Gasteiger partial charge in [0, 0.05) is 61.6 Å². The van der Waals surface area contributed by atoms with Crippen LogP contribution in [0.3, 0.4) is 0 Å². The molecule has 10 nitrogen and oxygen atoms in total. The van der Waals surface area contributed by atoms with Crippen molar-refractivity contribution >= 4 is 44.4 Å². The molecule has 0 unspecified atom stereocenters. The van der Waals surface area contributed by atoms with E-state index in [2.05, 4.69) is 32.1 Å². The molecule has 1 aromatic carbocycles. The van der Waals surface area contributed by atoms with Crippen molar-refractivity contribution in [1.29, 1.82) is 0 Å². The molecule has 3 aromatic heterocycles. The van der Waals surface area contributed by atoms with Gasteiger partial charge in [-0.05, 0) is 32.9 Å². The Kier molecular flexibility index (Phi) is 6.67. The molecule has 2 saturated heterocycles. The summed E-state index contributed by atoms with van der Waals surface area (Å²) in [5.74, 6) is 1.68. The van der Waals surface area contributed by atoms with Crippen LogP contribution < -0.4 is 4.90 Å². The van der Waals surface area contributed by atoms with Crippen molar-refractivity contribution < 1.29 is 14.3 Å². The number of benzene rings is 1. The van der Waals surface area contributed by atoms with E-state index in [4.69, 9.17) is 19.4 Å². The predicted octanol–water partition coefficient (Wildman–Crippen LogP) is 4.12. The standard InChI is InChI=1S/C27H33N7O3S/c1-27(2,3)37-26(35)34-9-7-32(8-10-34)17-18-15-22-23(38-18)25(33-11-13-36-14-12-33)30-24(29-22)19-5-4-6-21-20(19)16-28-31-21/h4-6,15-16H,7-14,17H2,1-3H3,(H,28,31). The SMILES string of the molecule is CC(C)(C)OC(=O)N1CCN(Cc2cc3nc(-c4cccc5[nH]ncc45)nc(N4CCOCC4)c3s2)CC1. The van der Waals surface area contributed by atoms with Crippen LogP contribution >= 0.6 is 11.3 Å². The van der Waals surface area contributed by atoms with Gasteiger partial charge in [0.05, 0.1) is 35.1 Å². The highest BCUT2D eigenvalue weighted by atomic mass is 32.1. The lowest BCUT2D eigenvalue weighted by molar-refractivity contribution is 0.0140. The highest BCUT2D eigenvalue weighted by molar-refractivity contribution is 7.19. The summed E-state index contributed by atoms with van der Waals surface area (Å²) in [6, 6.07) is 8.27. The maximum Gasteiger partial charge on any atom is 0.410 e. The number of H-pyrrole nitrogens is 1. The topological polar surface area (TPSA) is 99.7 Å². The molecule has 1 N–H and O–H groups in total. The second-order valence-electron chi connectivity index (χ2n) is 10.8. The van der Waals surface area contributed by atoms with E-state index >= 15 is 0 Å². The normalized spacial score (nSPS) is 17.4. The minimum atomic E-state index is -0.480. The number of nitrogens with zero attached hydrogens (tertiary/aromatic N) is 6. The number of aromatic amines is 1. The van der Waals surface area contributed by atoms with Crippen molar-refractivity contribution in [2.45, 2.75) is 32.9 Å². The Hall–Kier alpha value is -3.28. The number of hydrogen-bond donors (Lipinski definition) is 1. The Labute approximate surface area is 225 Å². The van der Waals surface area contributed by atoms with E-state index < -0.39 is 5.60 Å². The van der Waals surface area contributed by atoms with Crippen molar-refractivity contribution in [1.82, 2.24) is 30.0 Å². The summed E-state index contributed by atoms with van der Waals surface area (Å²) < 4.78 is 12.3. The number of ether oxygens (including phenoxy) is 2. The van der Waals surface area contributed by atoms with E-state index in [-0.39, 0.29) is 6.09 Å². The second kappa shape index (κ2) is 10.1. The molecule has 2 aliphatic rings. The number of fused-ring (bicyclic) bond motifs is 2. The van der Waals surface area contributed by atoms with Gasteiger partial charge in [0.25, 0.3) is 0 Å². The zero-order valence-corrected chi connectivity index (χ0v) is 22.9. The fraction of sp³-hybridized carbons (Fsp3) is 0.481. The molecule has 0 aliphatic carbocycles. The number of rotatable bonds is 4. The van der Waals surface area contributed by atoms with E-state index in [0.29, 0.717) is 32.1 Å². The Balaban J connectivity index is 1.27. The van der Waals surface area contributed by atoms with Gasteiger partial charge in [-0.25, -0.2) is 14.8 Å². The van der Waals surface area contributed by atoms with Crippen molar-refractivity contribution in [2.24, 2.45) is 0 Å². The Morgan fingerprint density at radius 1 is 1.11 bits per heavy atom. The lowest BCUT2D eigenvalue weighted by Gasteiger charge is -2.35. The van der Waals surface area contributed by atoms with Gasteiger partial charge in [0.1, 0.15) is 5.60 Å². The van der Waals surface area contributed by atoms with Gasteiger partial charge >= 0.3 is 6.09 Å². The minimum Gasteiger partial charge on any atom is -0.444 e. The van der Waals surface area contributed by atoms with Gasteiger partial charge in [-0.1, -0.05) is 12.1 Å². The lowest BCUT2D eigenvalue weighted by atomic mass is 10.1. The first-order chi connectivity index (χ1) is 18.3. The highest BCUT2D eigenvalue weighted by Crippen LogP contribution is 2.36. The molecule has 1 amide bonds. The predicted molar refractivity (Wildman–Crippen MR) is 149 cm³/mol. The zero-order chi connectivity index (χ0) is 26.3. The third-order valence-corrected chi connectivity index (χ3v) is 7.95. The van der Waals surface area contributed by atoms with E-state index in [9.17, 15) is 4.79 Å². The smallest absolute Gasteiger partial charge is 0.410 e. The molecule has 0 bridgehead atoms. The van der Waals surface area contributed by atoms with Gasteiger partial charge in [-0.2, -0.15) is 5.10 Å². The number of piperazine rings is 1. The van der Waals surface area contributed by atoms with Gasteiger partial charge in [-0.15, -0.1) is 11.3 Å². The summed E-state index contributed by atoms with van der Waals surface area (Å²) >= 11 is 1.76. The second-order valence-corrected chi connectivity index (χ2v) is 11.9. The molecule has 5 heterocycles. The van der Waals surface area contributed by atoms with Crippen LogP contribution in [-0.2, 0) is 16.0 Å². The summed E-state index contributed by atoms with van der Waals surface area (Å²) in [4.78, 5) is 30.3. The molecular formula is C27H33N7O3S. The Morgan fingerprint density at radius 2 is 1.89 bits per heavy atom. The van der Waals surface area contributed by atoms with Crippen molar-refractivity contribution in [3.05, 3.63) is 35.3 Å².